The summed E-state index contributed by atoms with van der Waals surface area (Å²) >= 11 is 0. The summed E-state index contributed by atoms with van der Waals surface area (Å²) in [6.45, 7) is -0.413. The van der Waals surface area contributed by atoms with E-state index in [0.29, 0.717) is 16.7 Å². The number of para-hydroxylation sites is 1. The Morgan fingerprint density at radius 1 is 0.853 bits per heavy atom. The Morgan fingerprint density at radius 3 is 2.18 bits per heavy atom. The predicted octanol–water partition coefficient (Wildman–Crippen LogP) is 3.13. The molecule has 1 saturated heterocycles. The molecule has 0 saturated carbocycles. The van der Waals surface area contributed by atoms with Crippen molar-refractivity contribution in [2.45, 2.75) is 12.0 Å². The van der Waals surface area contributed by atoms with Crippen LogP contribution in [0.25, 0.3) is 10.9 Å². The van der Waals surface area contributed by atoms with Gasteiger partial charge in [-0.3, -0.25) is 24.1 Å². The van der Waals surface area contributed by atoms with Crippen LogP contribution in [-0.2, 0) is 16.0 Å². The summed E-state index contributed by atoms with van der Waals surface area (Å²) in [5.74, 6) is -2.40. The van der Waals surface area contributed by atoms with Gasteiger partial charge in [-0.25, -0.2) is 0 Å². The third-order valence-corrected chi connectivity index (χ3v) is 6.15. The van der Waals surface area contributed by atoms with Gasteiger partial charge in [0.15, 0.2) is 11.3 Å². The van der Waals surface area contributed by atoms with Gasteiger partial charge >= 0.3 is 0 Å². The maximum atomic E-state index is 13.7. The molecule has 1 unspecified atom stereocenters. The average molecular weight is 451 g/mol. The summed E-state index contributed by atoms with van der Waals surface area (Å²) in [6, 6.07) is 24.2. The molecule has 168 valence electrons. The summed E-state index contributed by atoms with van der Waals surface area (Å²) < 4.78 is 0. The van der Waals surface area contributed by atoms with Gasteiger partial charge in [0, 0.05) is 34.6 Å². The highest BCUT2D eigenvalue weighted by Gasteiger charge is 2.57. The van der Waals surface area contributed by atoms with Gasteiger partial charge in [-0.2, -0.15) is 0 Å². The molecule has 1 atom stereocenters. The lowest BCUT2D eigenvalue weighted by molar-refractivity contribution is -0.133. The van der Waals surface area contributed by atoms with E-state index in [1.165, 1.54) is 0 Å². The van der Waals surface area contributed by atoms with Gasteiger partial charge in [-0.05, 0) is 35.9 Å². The monoisotopic (exact) mass is 451 g/mol. The number of ketones is 1. The van der Waals surface area contributed by atoms with E-state index in [0.717, 1.165) is 15.8 Å². The number of benzene rings is 3. The molecular formula is C27H21N3O4. The number of rotatable bonds is 5. The van der Waals surface area contributed by atoms with E-state index in [2.05, 4.69) is 10.3 Å². The average Bonchev–Trinajstić information content (AvgIpc) is 3.39. The van der Waals surface area contributed by atoms with Crippen LogP contribution in [0.2, 0.25) is 0 Å². The number of aromatic nitrogens is 1. The fourth-order valence-corrected chi connectivity index (χ4v) is 4.36. The molecular weight excluding hydrogens is 430 g/mol. The van der Waals surface area contributed by atoms with Crippen LogP contribution in [0.1, 0.15) is 26.3 Å². The molecule has 2 heterocycles. The van der Waals surface area contributed by atoms with Crippen LogP contribution in [0.15, 0.2) is 91.1 Å². The summed E-state index contributed by atoms with van der Waals surface area (Å²) in [5, 5.41) is 3.54. The first-order valence-electron chi connectivity index (χ1n) is 10.9. The third kappa shape index (κ3) is 3.57. The van der Waals surface area contributed by atoms with Crippen molar-refractivity contribution >= 4 is 34.4 Å². The second-order valence-electron chi connectivity index (χ2n) is 8.25. The van der Waals surface area contributed by atoms with E-state index in [1.807, 2.05) is 24.3 Å². The fraction of sp³-hybridized carbons (Fsp3) is 0.111. The number of fused-ring (bicyclic) bond motifs is 1. The number of hydrogen-bond donors (Lipinski definition) is 2. The van der Waals surface area contributed by atoms with Gasteiger partial charge in [0.2, 0.25) is 0 Å². The molecule has 3 aromatic carbocycles. The normalized spacial score (nSPS) is 17.8. The van der Waals surface area contributed by atoms with Gasteiger partial charge in [0.1, 0.15) is 0 Å². The number of nitrogens with zero attached hydrogens (tertiary/aromatic N) is 1. The molecule has 1 aliphatic rings. The number of nitrogens with one attached hydrogen (secondary N) is 2. The van der Waals surface area contributed by atoms with Gasteiger partial charge in [-0.15, -0.1) is 0 Å². The zero-order valence-corrected chi connectivity index (χ0v) is 18.2. The maximum absolute atomic E-state index is 13.7. The Balaban J connectivity index is 1.56. The largest absolute Gasteiger partial charge is 0.361 e. The van der Waals surface area contributed by atoms with Crippen LogP contribution in [0.4, 0.5) is 0 Å². The van der Waals surface area contributed by atoms with E-state index in [1.54, 1.807) is 66.9 Å². The molecule has 1 aromatic heterocycles. The van der Waals surface area contributed by atoms with Crippen LogP contribution in [0.5, 0.6) is 0 Å². The molecule has 3 amide bonds. The summed E-state index contributed by atoms with van der Waals surface area (Å²) in [6.07, 6.45) is 1.65. The van der Waals surface area contributed by atoms with Crippen molar-refractivity contribution < 1.29 is 19.2 Å². The molecule has 2 N–H and O–H groups in total. The van der Waals surface area contributed by atoms with Crippen molar-refractivity contribution in [2.75, 3.05) is 6.54 Å². The first-order chi connectivity index (χ1) is 16.5. The second kappa shape index (κ2) is 8.44. The van der Waals surface area contributed by atoms with Crippen LogP contribution >= 0.6 is 0 Å². The number of hydrogen-bond acceptors (Lipinski definition) is 4. The highest BCUT2D eigenvalue weighted by molar-refractivity contribution is 6.25. The Bertz CT molecular complexity index is 1410. The van der Waals surface area contributed by atoms with Crippen molar-refractivity contribution in [1.82, 2.24) is 15.2 Å². The van der Waals surface area contributed by atoms with E-state index < -0.39 is 35.6 Å². The van der Waals surface area contributed by atoms with E-state index >= 15 is 0 Å². The quantitative estimate of drug-likeness (QED) is 0.360. The van der Waals surface area contributed by atoms with E-state index in [9.17, 15) is 19.2 Å². The van der Waals surface area contributed by atoms with Gasteiger partial charge in [-0.1, -0.05) is 54.6 Å². The van der Waals surface area contributed by atoms with E-state index in [4.69, 9.17) is 0 Å². The molecule has 5 rings (SSSR count). The smallest absolute Gasteiger partial charge is 0.263 e. The lowest BCUT2D eigenvalue weighted by atomic mass is 9.87. The first-order valence-corrected chi connectivity index (χ1v) is 10.9. The van der Waals surface area contributed by atoms with Crippen molar-refractivity contribution in [3.8, 4) is 0 Å². The molecule has 7 nitrogen and oxygen atoms in total. The number of carbonyl (C=O) groups excluding carboxylic acids is 4. The number of amides is 3. The van der Waals surface area contributed by atoms with Gasteiger partial charge < -0.3 is 10.3 Å². The maximum Gasteiger partial charge on any atom is 0.263 e. The number of aromatic amines is 1. The fourth-order valence-electron chi connectivity index (χ4n) is 4.36. The number of likely N-dealkylation sites (tertiary alicyclic amines) is 1. The Morgan fingerprint density at radius 2 is 1.47 bits per heavy atom. The summed E-state index contributed by atoms with van der Waals surface area (Å²) in [4.78, 5) is 57.5. The molecule has 0 aliphatic carbocycles. The third-order valence-electron chi connectivity index (χ3n) is 6.15. The van der Waals surface area contributed by atoms with Gasteiger partial charge in [0.25, 0.3) is 17.7 Å². The molecule has 34 heavy (non-hydrogen) atoms. The Hall–Kier alpha value is -4.52. The van der Waals surface area contributed by atoms with Crippen molar-refractivity contribution in [3.63, 3.8) is 0 Å². The first kappa shape index (κ1) is 21.3. The predicted molar refractivity (Wildman–Crippen MR) is 126 cm³/mol. The molecule has 1 aliphatic heterocycles. The topological polar surface area (TPSA) is 99.3 Å². The van der Waals surface area contributed by atoms with Crippen LogP contribution < -0.4 is 5.32 Å². The SMILES string of the molecule is O=C(NC1(Cc2c[nH]c3ccccc23)C(=O)CN(C(=O)c2ccccc2)C1=O)c1ccccc1. The highest BCUT2D eigenvalue weighted by atomic mass is 16.2. The van der Waals surface area contributed by atoms with Gasteiger partial charge in [0.05, 0.1) is 6.54 Å². The minimum atomic E-state index is -1.90. The standard InChI is InChI=1S/C27H21N3O4/c31-23-17-30(25(33)19-11-5-2-6-12-19)26(34)27(23,29-24(32)18-9-3-1-4-10-18)15-20-16-28-22-14-8-7-13-21(20)22/h1-14,16,28H,15,17H2,(H,29,32). The second-order valence-corrected chi connectivity index (χ2v) is 8.25. The van der Waals surface area contributed by atoms with Crippen molar-refractivity contribution in [3.05, 3.63) is 108 Å². The number of carbonyl (C=O) groups is 4. The zero-order valence-electron chi connectivity index (χ0n) is 18.2. The minimum absolute atomic E-state index is 0.0776. The Labute approximate surface area is 195 Å². The summed E-state index contributed by atoms with van der Waals surface area (Å²) in [5.41, 5.74) is 0.245. The van der Waals surface area contributed by atoms with Crippen LogP contribution in [0, 0.1) is 0 Å². The minimum Gasteiger partial charge on any atom is -0.361 e. The number of Topliss-reactive ketones (excluding diaryl/α,β-unsaturated/α-hetero) is 1. The van der Waals surface area contributed by atoms with Crippen molar-refractivity contribution in [2.24, 2.45) is 0 Å². The molecule has 7 heteroatoms. The highest BCUT2D eigenvalue weighted by Crippen LogP contribution is 2.30. The number of H-pyrrole nitrogens is 1. The molecule has 4 aromatic rings. The number of imide groups is 1. The molecule has 0 radical (unpaired) electrons. The van der Waals surface area contributed by atoms with Crippen LogP contribution in [0.3, 0.4) is 0 Å². The molecule has 1 fully saturated rings. The summed E-state index contributed by atoms with van der Waals surface area (Å²) in [7, 11) is 0. The Kier molecular flexibility index (Phi) is 5.30. The zero-order chi connectivity index (χ0) is 23.7. The van der Waals surface area contributed by atoms with Crippen molar-refractivity contribution in [1.29, 1.82) is 0 Å². The van der Waals surface area contributed by atoms with Crippen LogP contribution in [-0.4, -0.2) is 45.5 Å². The molecule has 0 bridgehead atoms. The molecule has 0 spiro atoms. The lowest BCUT2D eigenvalue weighted by Crippen LogP contribution is -2.59. The van der Waals surface area contributed by atoms with E-state index in [-0.39, 0.29) is 6.42 Å². The lowest BCUT2D eigenvalue weighted by Gasteiger charge is -2.27.